The molecule has 35 heavy (non-hydrogen) atoms. The molecule has 0 unspecified atom stereocenters. The number of amides is 1. The topological polar surface area (TPSA) is 136 Å². The first-order chi connectivity index (χ1) is 16.5. The van der Waals surface area contributed by atoms with E-state index in [0.29, 0.717) is 22.1 Å². The number of thioether (sulfide) groups is 1. The zero-order chi connectivity index (χ0) is 25.8. The van der Waals surface area contributed by atoms with Crippen LogP contribution in [0.4, 0.5) is 5.69 Å². The van der Waals surface area contributed by atoms with Gasteiger partial charge in [0.25, 0.3) is 10.0 Å². The highest BCUT2D eigenvalue weighted by molar-refractivity contribution is 8.00. The molecule has 1 atom stereocenters. The van der Waals surface area contributed by atoms with Gasteiger partial charge in [-0.2, -0.15) is 0 Å². The second-order valence-corrected chi connectivity index (χ2v) is 11.4. The molecule has 3 aromatic rings. The van der Waals surface area contributed by atoms with Crippen LogP contribution in [0, 0.1) is 12.8 Å². The Balaban J connectivity index is 1.87. The Morgan fingerprint density at radius 1 is 1.06 bits per heavy atom. The van der Waals surface area contributed by atoms with E-state index in [2.05, 4.69) is 10.0 Å². The second-order valence-electron chi connectivity index (χ2n) is 8.74. The van der Waals surface area contributed by atoms with Gasteiger partial charge >= 0.3 is 7.12 Å². The minimum atomic E-state index is -3.90. The predicted octanol–water partition coefficient (Wildman–Crippen LogP) is 3.29. The summed E-state index contributed by atoms with van der Waals surface area (Å²) < 4.78 is 28.6. The first kappa shape index (κ1) is 26.9. The van der Waals surface area contributed by atoms with E-state index in [1.807, 2.05) is 20.8 Å². The maximum atomic E-state index is 13.0. The number of hydrogen-bond acceptors (Lipinski definition) is 7. The Labute approximate surface area is 210 Å². The average molecular weight is 516 g/mol. The number of carbonyl (C=O) groups excluding carboxylic acids is 1. The molecule has 0 saturated carbocycles. The maximum absolute atomic E-state index is 13.0. The van der Waals surface area contributed by atoms with Gasteiger partial charge in [0, 0.05) is 10.8 Å². The summed E-state index contributed by atoms with van der Waals surface area (Å²) in [6, 6.07) is 14.8. The molecule has 3 rings (SSSR count). The third kappa shape index (κ3) is 6.91. The molecule has 0 bridgehead atoms. The Hall–Kier alpha value is -2.73. The van der Waals surface area contributed by atoms with Gasteiger partial charge in [-0.25, -0.2) is 8.42 Å². The van der Waals surface area contributed by atoms with E-state index in [4.69, 9.17) is 0 Å². The van der Waals surface area contributed by atoms with E-state index in [1.165, 1.54) is 18.2 Å². The number of phenols is 1. The molecule has 0 fully saturated rings. The number of nitrogens with one attached hydrogen (secondary N) is 2. The zero-order valence-corrected chi connectivity index (χ0v) is 21.4. The molecule has 0 spiro atoms. The molecule has 186 valence electrons. The number of hydrogen-bond donors (Lipinski definition) is 5. The third-order valence-electron chi connectivity index (χ3n) is 5.35. The van der Waals surface area contributed by atoms with Crippen molar-refractivity contribution in [3.05, 3.63) is 60.2 Å². The van der Waals surface area contributed by atoms with Crippen molar-refractivity contribution in [3.63, 3.8) is 0 Å². The molecular formula is C24H29BN2O6S2. The van der Waals surface area contributed by atoms with Gasteiger partial charge in [0.2, 0.25) is 5.91 Å². The maximum Gasteiger partial charge on any atom is 0.475 e. The Morgan fingerprint density at radius 3 is 2.29 bits per heavy atom. The van der Waals surface area contributed by atoms with Crippen LogP contribution in [-0.2, 0) is 14.8 Å². The summed E-state index contributed by atoms with van der Waals surface area (Å²) in [4.78, 5) is 12.9. The summed E-state index contributed by atoms with van der Waals surface area (Å²) in [6.45, 7) is 5.68. The molecule has 8 nitrogen and oxygen atoms in total. The lowest BCUT2D eigenvalue weighted by atomic mass is 9.75. The number of sulfonamides is 1. The molecule has 5 N–H and O–H groups in total. The minimum absolute atomic E-state index is 0.0717. The van der Waals surface area contributed by atoms with E-state index < -0.39 is 29.0 Å². The number of benzene rings is 3. The SMILES string of the molecule is Cc1ccc(S(=O)(=O)Nc2cc(SCC(=O)N[C@@H](CC(C)C)B(O)O)c(O)c3ccccc23)cc1. The largest absolute Gasteiger partial charge is 0.506 e. The lowest BCUT2D eigenvalue weighted by Crippen LogP contribution is -2.47. The van der Waals surface area contributed by atoms with Crippen molar-refractivity contribution in [1.29, 1.82) is 0 Å². The monoisotopic (exact) mass is 516 g/mol. The first-order valence-electron chi connectivity index (χ1n) is 11.1. The Bertz CT molecular complexity index is 1300. The van der Waals surface area contributed by atoms with Crippen LogP contribution in [0.15, 0.2) is 64.4 Å². The van der Waals surface area contributed by atoms with Crippen LogP contribution in [0.1, 0.15) is 25.8 Å². The summed E-state index contributed by atoms with van der Waals surface area (Å²) in [5.41, 5.74) is 1.20. The Kier molecular flexibility index (Phi) is 8.71. The fourth-order valence-corrected chi connectivity index (χ4v) is 5.49. The molecule has 0 aromatic heterocycles. The molecule has 1 amide bonds. The lowest BCUT2D eigenvalue weighted by Gasteiger charge is -2.20. The van der Waals surface area contributed by atoms with Crippen LogP contribution in [0.3, 0.4) is 0 Å². The van der Waals surface area contributed by atoms with Crippen LogP contribution in [0.5, 0.6) is 5.75 Å². The normalized spacial score (nSPS) is 12.5. The van der Waals surface area contributed by atoms with Crippen molar-refractivity contribution in [2.45, 2.75) is 42.9 Å². The molecule has 3 aromatic carbocycles. The molecule has 0 saturated heterocycles. The van der Waals surface area contributed by atoms with Gasteiger partial charge < -0.3 is 20.5 Å². The number of anilines is 1. The van der Waals surface area contributed by atoms with Crippen LogP contribution >= 0.6 is 11.8 Å². The number of rotatable bonds is 10. The van der Waals surface area contributed by atoms with E-state index >= 15 is 0 Å². The highest BCUT2D eigenvalue weighted by Crippen LogP contribution is 2.40. The van der Waals surface area contributed by atoms with Crippen molar-refractivity contribution >= 4 is 51.3 Å². The van der Waals surface area contributed by atoms with E-state index in [1.54, 1.807) is 36.4 Å². The third-order valence-corrected chi connectivity index (χ3v) is 7.76. The van der Waals surface area contributed by atoms with Gasteiger partial charge in [0.15, 0.2) is 0 Å². The summed E-state index contributed by atoms with van der Waals surface area (Å²) in [5.74, 6) is -1.30. The first-order valence-corrected chi connectivity index (χ1v) is 13.6. The molecule has 11 heteroatoms. The molecule has 0 aliphatic heterocycles. The predicted molar refractivity (Wildman–Crippen MR) is 140 cm³/mol. The summed E-state index contributed by atoms with van der Waals surface area (Å²) in [6.07, 6.45) is 0.389. The number of fused-ring (bicyclic) bond motifs is 1. The van der Waals surface area contributed by atoms with Crippen LogP contribution in [-0.4, -0.2) is 48.3 Å². The summed E-state index contributed by atoms with van der Waals surface area (Å²) in [7, 11) is -5.59. The van der Waals surface area contributed by atoms with Gasteiger partial charge in [0.1, 0.15) is 5.75 Å². The average Bonchev–Trinajstić information content (AvgIpc) is 2.79. The zero-order valence-electron chi connectivity index (χ0n) is 19.7. The number of phenolic OH excluding ortho intramolecular Hbond substituents is 1. The van der Waals surface area contributed by atoms with E-state index in [0.717, 1.165) is 17.3 Å². The number of aryl methyl sites for hydroxylation is 1. The fourth-order valence-electron chi connectivity index (χ4n) is 3.60. The molecule has 0 aliphatic rings. The van der Waals surface area contributed by atoms with Crippen molar-refractivity contribution in [2.24, 2.45) is 5.92 Å². The van der Waals surface area contributed by atoms with Crippen molar-refractivity contribution in [2.75, 3.05) is 10.5 Å². The fraction of sp³-hybridized carbons (Fsp3) is 0.292. The minimum Gasteiger partial charge on any atom is -0.506 e. The molecule has 0 radical (unpaired) electrons. The van der Waals surface area contributed by atoms with Gasteiger partial charge in [-0.3, -0.25) is 9.52 Å². The molecule has 0 heterocycles. The van der Waals surface area contributed by atoms with Gasteiger partial charge in [-0.05, 0) is 37.5 Å². The van der Waals surface area contributed by atoms with Crippen LogP contribution in [0.2, 0.25) is 0 Å². The molecule has 0 aliphatic carbocycles. The number of aromatic hydroxyl groups is 1. The van der Waals surface area contributed by atoms with Gasteiger partial charge in [0.05, 0.1) is 27.2 Å². The van der Waals surface area contributed by atoms with Crippen molar-refractivity contribution in [1.82, 2.24) is 5.32 Å². The smallest absolute Gasteiger partial charge is 0.475 e. The van der Waals surface area contributed by atoms with Crippen LogP contribution in [0.25, 0.3) is 10.8 Å². The lowest BCUT2D eigenvalue weighted by molar-refractivity contribution is -0.119. The highest BCUT2D eigenvalue weighted by Gasteiger charge is 2.26. The quantitative estimate of drug-likeness (QED) is 0.159. The standard InChI is InChI=1S/C24H29BN2O6S2/c1-15(2)12-22(25(30)31)26-23(28)14-34-21-13-20(18-6-4-5-7-19(18)24(21)29)27-35(32,33)17-10-8-16(3)9-11-17/h4-11,13,15,22,27,29-31H,12,14H2,1-3H3,(H,26,28)/t22-/m0/s1. The van der Waals surface area contributed by atoms with Crippen molar-refractivity contribution < 1.29 is 28.4 Å². The highest BCUT2D eigenvalue weighted by atomic mass is 32.2. The summed E-state index contributed by atoms with van der Waals surface area (Å²) in [5, 5.41) is 33.4. The van der Waals surface area contributed by atoms with E-state index in [-0.39, 0.29) is 28.0 Å². The summed E-state index contributed by atoms with van der Waals surface area (Å²) >= 11 is 1.02. The van der Waals surface area contributed by atoms with E-state index in [9.17, 15) is 28.4 Å². The van der Waals surface area contributed by atoms with Gasteiger partial charge in [-0.1, -0.05) is 55.8 Å². The van der Waals surface area contributed by atoms with Crippen molar-refractivity contribution in [3.8, 4) is 5.75 Å². The second kappa shape index (κ2) is 11.3. The number of carbonyl (C=O) groups is 1. The van der Waals surface area contributed by atoms with Crippen LogP contribution < -0.4 is 10.0 Å². The molecular weight excluding hydrogens is 487 g/mol. The Morgan fingerprint density at radius 2 is 1.69 bits per heavy atom. The van der Waals surface area contributed by atoms with Gasteiger partial charge in [-0.15, -0.1) is 11.8 Å².